The first-order valence-corrected chi connectivity index (χ1v) is 7.54. The van der Waals surface area contributed by atoms with Gasteiger partial charge in [-0.2, -0.15) is 5.10 Å². The van der Waals surface area contributed by atoms with Gasteiger partial charge >= 0.3 is 0 Å². The molecule has 1 N–H and O–H groups in total. The van der Waals surface area contributed by atoms with Crippen molar-refractivity contribution in [3.8, 4) is 11.3 Å². The summed E-state index contributed by atoms with van der Waals surface area (Å²) in [5.41, 5.74) is 3.42. The Morgan fingerprint density at radius 3 is 2.81 bits per heavy atom. The molecule has 21 heavy (non-hydrogen) atoms. The predicted octanol–water partition coefficient (Wildman–Crippen LogP) is 1.52. The molecule has 0 amide bonds. The highest BCUT2D eigenvalue weighted by atomic mass is 15.3. The van der Waals surface area contributed by atoms with Gasteiger partial charge in [0.1, 0.15) is 0 Å². The summed E-state index contributed by atoms with van der Waals surface area (Å²) in [5.74, 6) is 0.774. The van der Waals surface area contributed by atoms with Crippen molar-refractivity contribution >= 4 is 0 Å². The Labute approximate surface area is 126 Å². The minimum atomic E-state index is 0.774. The van der Waals surface area contributed by atoms with E-state index in [2.05, 4.69) is 33.5 Å². The van der Waals surface area contributed by atoms with E-state index in [1.165, 1.54) is 25.1 Å². The average molecular weight is 285 g/mol. The van der Waals surface area contributed by atoms with Crippen LogP contribution in [0.2, 0.25) is 0 Å². The fraction of sp³-hybridized carbons (Fsp3) is 0.500. The van der Waals surface area contributed by atoms with Crippen LogP contribution in [0.1, 0.15) is 12.0 Å². The van der Waals surface area contributed by atoms with Crippen molar-refractivity contribution in [1.82, 2.24) is 25.0 Å². The molecule has 2 aromatic heterocycles. The second-order valence-electron chi connectivity index (χ2n) is 5.96. The molecule has 0 aliphatic carbocycles. The van der Waals surface area contributed by atoms with Crippen LogP contribution < -0.4 is 5.32 Å². The minimum absolute atomic E-state index is 0.774. The zero-order chi connectivity index (χ0) is 14.7. The maximum absolute atomic E-state index is 4.58. The van der Waals surface area contributed by atoms with Gasteiger partial charge in [0.05, 0.1) is 5.69 Å². The molecule has 2 aromatic rings. The van der Waals surface area contributed by atoms with Gasteiger partial charge in [-0.15, -0.1) is 0 Å². The normalized spacial score (nSPS) is 19.2. The molecule has 1 fully saturated rings. The minimum Gasteiger partial charge on any atom is -0.312 e. The third kappa shape index (κ3) is 3.49. The van der Waals surface area contributed by atoms with Crippen LogP contribution >= 0.6 is 0 Å². The van der Waals surface area contributed by atoms with Crippen LogP contribution in [-0.2, 0) is 13.6 Å². The largest absolute Gasteiger partial charge is 0.312 e. The Morgan fingerprint density at radius 1 is 1.29 bits per heavy atom. The average Bonchev–Trinajstić information content (AvgIpc) is 3.06. The van der Waals surface area contributed by atoms with Gasteiger partial charge in [0.15, 0.2) is 0 Å². The molecule has 5 heteroatoms. The van der Waals surface area contributed by atoms with Gasteiger partial charge in [0.25, 0.3) is 0 Å². The number of nitrogens with one attached hydrogen (secondary N) is 1. The van der Waals surface area contributed by atoms with Crippen molar-refractivity contribution in [2.45, 2.75) is 13.0 Å². The van der Waals surface area contributed by atoms with Crippen molar-refractivity contribution in [2.75, 3.05) is 26.7 Å². The lowest BCUT2D eigenvalue weighted by Crippen LogP contribution is -2.24. The van der Waals surface area contributed by atoms with Gasteiger partial charge in [-0.05, 0) is 44.6 Å². The lowest BCUT2D eigenvalue weighted by Gasteiger charge is -2.11. The molecule has 1 saturated heterocycles. The number of aromatic nitrogens is 3. The lowest BCUT2D eigenvalue weighted by atomic mass is 10.1. The fourth-order valence-electron chi connectivity index (χ4n) is 3.02. The number of hydrogen-bond acceptors (Lipinski definition) is 4. The summed E-state index contributed by atoms with van der Waals surface area (Å²) in [7, 11) is 4.17. The van der Waals surface area contributed by atoms with Crippen molar-refractivity contribution in [2.24, 2.45) is 13.0 Å². The zero-order valence-electron chi connectivity index (χ0n) is 12.8. The van der Waals surface area contributed by atoms with Crippen molar-refractivity contribution < 1.29 is 0 Å². The Kier molecular flexibility index (Phi) is 4.31. The molecule has 3 rings (SSSR count). The second-order valence-corrected chi connectivity index (χ2v) is 5.96. The van der Waals surface area contributed by atoms with Gasteiger partial charge in [-0.25, -0.2) is 0 Å². The maximum Gasteiger partial charge on any atom is 0.0969 e. The van der Waals surface area contributed by atoms with Crippen LogP contribution in [-0.4, -0.2) is 46.3 Å². The van der Waals surface area contributed by atoms with Crippen LogP contribution in [0.5, 0.6) is 0 Å². The SMILES string of the molecule is CN1CC[C@H](CNCc2cn(C)nc2-c2ccncc2)C1. The Morgan fingerprint density at radius 2 is 2.10 bits per heavy atom. The fourth-order valence-corrected chi connectivity index (χ4v) is 3.02. The van der Waals surface area contributed by atoms with E-state index in [1.807, 2.05) is 36.3 Å². The number of hydrogen-bond donors (Lipinski definition) is 1. The van der Waals surface area contributed by atoms with Gasteiger partial charge in [0, 0.05) is 49.9 Å². The molecule has 0 aromatic carbocycles. The standard InChI is InChI=1S/C16H23N5/c1-20-8-5-13(11-20)9-18-10-15-12-21(2)19-16(15)14-3-6-17-7-4-14/h3-4,6-7,12-13,18H,5,8-11H2,1-2H3/t13-/m1/s1. The summed E-state index contributed by atoms with van der Waals surface area (Å²) in [6, 6.07) is 4.02. The van der Waals surface area contributed by atoms with E-state index in [9.17, 15) is 0 Å². The van der Waals surface area contributed by atoms with Crippen molar-refractivity contribution in [3.05, 3.63) is 36.3 Å². The maximum atomic E-state index is 4.58. The van der Waals surface area contributed by atoms with E-state index >= 15 is 0 Å². The van der Waals surface area contributed by atoms with E-state index in [0.29, 0.717) is 0 Å². The second kappa shape index (κ2) is 6.37. The van der Waals surface area contributed by atoms with Crippen molar-refractivity contribution in [1.29, 1.82) is 0 Å². The molecule has 0 saturated carbocycles. The number of aryl methyl sites for hydroxylation is 1. The first-order chi connectivity index (χ1) is 10.2. The summed E-state index contributed by atoms with van der Waals surface area (Å²) in [6.45, 7) is 4.37. The Bertz CT molecular complexity index is 578. The number of likely N-dealkylation sites (tertiary alicyclic amines) is 1. The zero-order valence-corrected chi connectivity index (χ0v) is 12.8. The molecule has 112 valence electrons. The summed E-state index contributed by atoms with van der Waals surface area (Å²) in [6.07, 6.45) is 7.03. The third-order valence-corrected chi connectivity index (χ3v) is 4.10. The molecule has 0 unspecified atom stereocenters. The summed E-state index contributed by atoms with van der Waals surface area (Å²) in [5, 5.41) is 8.18. The van der Waals surface area contributed by atoms with Gasteiger partial charge in [0.2, 0.25) is 0 Å². The van der Waals surface area contributed by atoms with E-state index < -0.39 is 0 Å². The summed E-state index contributed by atoms with van der Waals surface area (Å²) < 4.78 is 1.89. The number of nitrogens with zero attached hydrogens (tertiary/aromatic N) is 4. The highest BCUT2D eigenvalue weighted by molar-refractivity contribution is 5.61. The Balaban J connectivity index is 1.63. The van der Waals surface area contributed by atoms with Crippen LogP contribution in [0.3, 0.4) is 0 Å². The monoisotopic (exact) mass is 285 g/mol. The number of pyridine rings is 1. The van der Waals surface area contributed by atoms with Crippen LogP contribution in [0.25, 0.3) is 11.3 Å². The molecule has 0 bridgehead atoms. The molecule has 1 atom stereocenters. The highest BCUT2D eigenvalue weighted by Crippen LogP contribution is 2.21. The molecule has 5 nitrogen and oxygen atoms in total. The Hall–Kier alpha value is -1.72. The van der Waals surface area contributed by atoms with E-state index in [0.717, 1.165) is 30.3 Å². The van der Waals surface area contributed by atoms with Crippen LogP contribution in [0.4, 0.5) is 0 Å². The lowest BCUT2D eigenvalue weighted by molar-refractivity contribution is 0.388. The van der Waals surface area contributed by atoms with Gasteiger partial charge in [-0.3, -0.25) is 9.67 Å². The number of rotatable bonds is 5. The highest BCUT2D eigenvalue weighted by Gasteiger charge is 2.19. The van der Waals surface area contributed by atoms with Crippen LogP contribution in [0.15, 0.2) is 30.7 Å². The quantitative estimate of drug-likeness (QED) is 0.905. The molecule has 1 aliphatic rings. The van der Waals surface area contributed by atoms with E-state index in [1.54, 1.807) is 0 Å². The van der Waals surface area contributed by atoms with E-state index in [-0.39, 0.29) is 0 Å². The van der Waals surface area contributed by atoms with E-state index in [4.69, 9.17) is 0 Å². The third-order valence-electron chi connectivity index (χ3n) is 4.10. The summed E-state index contributed by atoms with van der Waals surface area (Å²) >= 11 is 0. The molecule has 0 spiro atoms. The van der Waals surface area contributed by atoms with Gasteiger partial charge < -0.3 is 10.2 Å². The van der Waals surface area contributed by atoms with Crippen LogP contribution in [0, 0.1) is 5.92 Å². The first kappa shape index (κ1) is 14.2. The predicted molar refractivity (Wildman–Crippen MR) is 83.7 cm³/mol. The molecule has 3 heterocycles. The smallest absolute Gasteiger partial charge is 0.0969 e. The molecule has 1 aliphatic heterocycles. The molecular weight excluding hydrogens is 262 g/mol. The molecular formula is C16H23N5. The molecule has 0 radical (unpaired) electrons. The summed E-state index contributed by atoms with van der Waals surface area (Å²) in [4.78, 5) is 6.48. The van der Waals surface area contributed by atoms with Crippen molar-refractivity contribution in [3.63, 3.8) is 0 Å². The topological polar surface area (TPSA) is 46.0 Å². The van der Waals surface area contributed by atoms with Gasteiger partial charge in [-0.1, -0.05) is 0 Å². The first-order valence-electron chi connectivity index (χ1n) is 7.54.